The minimum absolute atomic E-state index is 0.200. The molecule has 1 heterocycles. The molecular formula is C16H30N2S. The van der Waals surface area contributed by atoms with Crippen LogP contribution in [0, 0.1) is 5.92 Å². The van der Waals surface area contributed by atoms with Crippen LogP contribution in [0.3, 0.4) is 0 Å². The lowest BCUT2D eigenvalue weighted by Gasteiger charge is -2.35. The van der Waals surface area contributed by atoms with E-state index in [1.807, 2.05) is 11.3 Å². The zero-order chi connectivity index (χ0) is 14.6. The molecule has 0 saturated carbocycles. The second-order valence-electron chi connectivity index (χ2n) is 6.71. The summed E-state index contributed by atoms with van der Waals surface area (Å²) < 4.78 is 0. The van der Waals surface area contributed by atoms with E-state index in [2.05, 4.69) is 76.3 Å². The summed E-state index contributed by atoms with van der Waals surface area (Å²) >= 11 is 1.85. The van der Waals surface area contributed by atoms with Crippen LogP contribution in [0.4, 0.5) is 0 Å². The second kappa shape index (κ2) is 6.87. The molecule has 0 aliphatic rings. The average Bonchev–Trinajstić information content (AvgIpc) is 2.86. The quantitative estimate of drug-likeness (QED) is 0.843. The molecule has 0 bridgehead atoms. The molecular weight excluding hydrogens is 252 g/mol. The third kappa shape index (κ3) is 5.25. The van der Waals surface area contributed by atoms with Gasteiger partial charge in [0.25, 0.3) is 0 Å². The van der Waals surface area contributed by atoms with Gasteiger partial charge >= 0.3 is 0 Å². The summed E-state index contributed by atoms with van der Waals surface area (Å²) in [5, 5.41) is 5.77. The largest absolute Gasteiger partial charge is 0.312 e. The molecule has 0 spiro atoms. The topological polar surface area (TPSA) is 15.3 Å². The summed E-state index contributed by atoms with van der Waals surface area (Å²) in [6, 6.07) is 5.43. The summed E-state index contributed by atoms with van der Waals surface area (Å²) in [5.74, 6) is 0.631. The van der Waals surface area contributed by atoms with Gasteiger partial charge in [0.1, 0.15) is 0 Å². The first-order chi connectivity index (χ1) is 8.72. The Morgan fingerprint density at radius 3 is 2.37 bits per heavy atom. The molecule has 1 aromatic heterocycles. The summed E-state index contributed by atoms with van der Waals surface area (Å²) in [5.41, 5.74) is 0.200. The Kier molecular flexibility index (Phi) is 6.03. The first-order valence-electron chi connectivity index (χ1n) is 7.22. The highest BCUT2D eigenvalue weighted by molar-refractivity contribution is 7.10. The monoisotopic (exact) mass is 282 g/mol. The van der Waals surface area contributed by atoms with Gasteiger partial charge in [0, 0.05) is 22.5 Å². The van der Waals surface area contributed by atoms with Gasteiger partial charge in [-0.3, -0.25) is 4.90 Å². The van der Waals surface area contributed by atoms with Crippen molar-refractivity contribution >= 4 is 11.3 Å². The lowest BCUT2D eigenvalue weighted by Crippen LogP contribution is -2.44. The standard InChI is InChI=1S/C16H30N2S/c1-12(11-17-16(4,5)6)13(2)18(7)14(3)15-9-8-10-19-15/h8-10,12-14,17H,11H2,1-7H3. The van der Waals surface area contributed by atoms with Crippen molar-refractivity contribution in [2.75, 3.05) is 13.6 Å². The van der Waals surface area contributed by atoms with Gasteiger partial charge in [-0.25, -0.2) is 0 Å². The van der Waals surface area contributed by atoms with E-state index in [-0.39, 0.29) is 5.54 Å². The lowest BCUT2D eigenvalue weighted by atomic mass is 9.99. The van der Waals surface area contributed by atoms with Gasteiger partial charge in [0.2, 0.25) is 0 Å². The van der Waals surface area contributed by atoms with Crippen LogP contribution in [-0.4, -0.2) is 30.1 Å². The maximum absolute atomic E-state index is 3.61. The van der Waals surface area contributed by atoms with Crippen molar-refractivity contribution in [1.82, 2.24) is 10.2 Å². The average molecular weight is 282 g/mol. The van der Waals surface area contributed by atoms with Crippen LogP contribution >= 0.6 is 11.3 Å². The molecule has 0 saturated heterocycles. The fourth-order valence-corrected chi connectivity index (χ4v) is 2.96. The van der Waals surface area contributed by atoms with Crippen molar-refractivity contribution in [3.63, 3.8) is 0 Å². The molecule has 0 fully saturated rings. The van der Waals surface area contributed by atoms with E-state index in [1.165, 1.54) is 4.88 Å². The molecule has 3 atom stereocenters. The van der Waals surface area contributed by atoms with E-state index in [0.717, 1.165) is 6.54 Å². The van der Waals surface area contributed by atoms with Crippen molar-refractivity contribution in [2.45, 2.75) is 59.2 Å². The fraction of sp³-hybridized carbons (Fsp3) is 0.750. The van der Waals surface area contributed by atoms with Crippen molar-refractivity contribution < 1.29 is 0 Å². The Morgan fingerprint density at radius 1 is 1.26 bits per heavy atom. The zero-order valence-corrected chi connectivity index (χ0v) is 14.3. The summed E-state index contributed by atoms with van der Waals surface area (Å²) in [6.07, 6.45) is 0. The molecule has 0 amide bonds. The van der Waals surface area contributed by atoms with E-state index in [1.54, 1.807) is 0 Å². The molecule has 2 nitrogen and oxygen atoms in total. The van der Waals surface area contributed by atoms with E-state index >= 15 is 0 Å². The SMILES string of the molecule is CC(CNC(C)(C)C)C(C)N(C)C(C)c1cccs1. The smallest absolute Gasteiger partial charge is 0.0413 e. The highest BCUT2D eigenvalue weighted by Gasteiger charge is 2.23. The van der Waals surface area contributed by atoms with Crippen molar-refractivity contribution in [2.24, 2.45) is 5.92 Å². The van der Waals surface area contributed by atoms with E-state index in [0.29, 0.717) is 18.0 Å². The molecule has 0 aliphatic heterocycles. The van der Waals surface area contributed by atoms with Gasteiger partial charge in [-0.05, 0) is 65.6 Å². The second-order valence-corrected chi connectivity index (χ2v) is 7.68. The van der Waals surface area contributed by atoms with Gasteiger partial charge in [-0.2, -0.15) is 0 Å². The number of hydrogen-bond acceptors (Lipinski definition) is 3. The van der Waals surface area contributed by atoms with Crippen LogP contribution in [0.1, 0.15) is 52.5 Å². The zero-order valence-electron chi connectivity index (χ0n) is 13.5. The summed E-state index contributed by atoms with van der Waals surface area (Å²) in [7, 11) is 2.24. The number of thiophene rings is 1. The molecule has 19 heavy (non-hydrogen) atoms. The predicted octanol–water partition coefficient (Wildman–Crippen LogP) is 4.15. The Bertz CT molecular complexity index is 353. The Balaban J connectivity index is 2.53. The third-order valence-electron chi connectivity index (χ3n) is 3.99. The number of rotatable bonds is 6. The maximum atomic E-state index is 3.61. The molecule has 3 unspecified atom stereocenters. The minimum Gasteiger partial charge on any atom is -0.312 e. The number of nitrogens with one attached hydrogen (secondary N) is 1. The Labute approximate surface area is 123 Å². The van der Waals surface area contributed by atoms with Gasteiger partial charge < -0.3 is 5.32 Å². The van der Waals surface area contributed by atoms with Crippen LogP contribution in [0.5, 0.6) is 0 Å². The molecule has 0 radical (unpaired) electrons. The molecule has 3 heteroatoms. The van der Waals surface area contributed by atoms with Gasteiger partial charge in [0.15, 0.2) is 0 Å². The summed E-state index contributed by atoms with van der Waals surface area (Å²) in [6.45, 7) is 14.7. The predicted molar refractivity (Wildman–Crippen MR) is 86.9 cm³/mol. The Morgan fingerprint density at radius 2 is 1.89 bits per heavy atom. The summed E-state index contributed by atoms with van der Waals surface area (Å²) in [4.78, 5) is 3.94. The molecule has 110 valence electrons. The van der Waals surface area contributed by atoms with Crippen LogP contribution in [0.2, 0.25) is 0 Å². The first-order valence-corrected chi connectivity index (χ1v) is 8.10. The van der Waals surface area contributed by atoms with E-state index in [4.69, 9.17) is 0 Å². The lowest BCUT2D eigenvalue weighted by molar-refractivity contribution is 0.147. The van der Waals surface area contributed by atoms with Gasteiger partial charge in [-0.15, -0.1) is 11.3 Å². The van der Waals surface area contributed by atoms with E-state index in [9.17, 15) is 0 Å². The van der Waals surface area contributed by atoms with Crippen LogP contribution in [0.25, 0.3) is 0 Å². The van der Waals surface area contributed by atoms with Gasteiger partial charge in [-0.1, -0.05) is 13.0 Å². The molecule has 0 aliphatic carbocycles. The first kappa shape index (κ1) is 16.7. The number of hydrogen-bond donors (Lipinski definition) is 1. The van der Waals surface area contributed by atoms with Crippen molar-refractivity contribution in [3.8, 4) is 0 Å². The maximum Gasteiger partial charge on any atom is 0.0413 e. The molecule has 1 aromatic rings. The highest BCUT2D eigenvalue weighted by atomic mass is 32.1. The Hall–Kier alpha value is -0.380. The highest BCUT2D eigenvalue weighted by Crippen LogP contribution is 2.26. The molecule has 1 rings (SSSR count). The van der Waals surface area contributed by atoms with Crippen molar-refractivity contribution in [1.29, 1.82) is 0 Å². The molecule has 0 aromatic carbocycles. The van der Waals surface area contributed by atoms with E-state index < -0.39 is 0 Å². The van der Waals surface area contributed by atoms with Crippen LogP contribution < -0.4 is 5.32 Å². The van der Waals surface area contributed by atoms with Crippen LogP contribution in [0.15, 0.2) is 17.5 Å². The number of nitrogens with zero attached hydrogens (tertiary/aromatic N) is 1. The fourth-order valence-electron chi connectivity index (χ4n) is 2.12. The third-order valence-corrected chi connectivity index (χ3v) is 5.03. The molecule has 1 N–H and O–H groups in total. The minimum atomic E-state index is 0.200. The van der Waals surface area contributed by atoms with Crippen molar-refractivity contribution in [3.05, 3.63) is 22.4 Å². The normalized spacial score (nSPS) is 17.5. The van der Waals surface area contributed by atoms with Crippen LogP contribution in [-0.2, 0) is 0 Å². The van der Waals surface area contributed by atoms with Gasteiger partial charge in [0.05, 0.1) is 0 Å².